The standard InChI is InChI=1S/C21H26ClFN6O/c1-15-24-19(27-7-3-2-4-8-27)14-20(25-15)28-9-11-29(12-10-28)21(30)26-16-5-6-18(23)17(22)13-16/h5-6,13-14H,2-4,7-12H2,1H3,(H,26,30). The van der Waals surface area contributed by atoms with Crippen LogP contribution >= 0.6 is 11.6 Å². The molecule has 2 fully saturated rings. The van der Waals surface area contributed by atoms with Gasteiger partial charge in [0.25, 0.3) is 0 Å². The lowest BCUT2D eigenvalue weighted by Crippen LogP contribution is -2.50. The fourth-order valence-electron chi connectivity index (χ4n) is 3.90. The lowest BCUT2D eigenvalue weighted by molar-refractivity contribution is 0.208. The number of piperazine rings is 1. The van der Waals surface area contributed by atoms with E-state index in [1.807, 2.05) is 6.92 Å². The van der Waals surface area contributed by atoms with Gasteiger partial charge in [0, 0.05) is 51.0 Å². The number of halogens is 2. The Morgan fingerprint density at radius 1 is 0.967 bits per heavy atom. The average molecular weight is 433 g/mol. The zero-order valence-corrected chi connectivity index (χ0v) is 17.8. The van der Waals surface area contributed by atoms with Gasteiger partial charge in [-0.2, -0.15) is 0 Å². The highest BCUT2D eigenvalue weighted by atomic mass is 35.5. The summed E-state index contributed by atoms with van der Waals surface area (Å²) in [6.07, 6.45) is 3.68. The van der Waals surface area contributed by atoms with Gasteiger partial charge in [-0.1, -0.05) is 11.6 Å². The van der Waals surface area contributed by atoms with Gasteiger partial charge in [0.15, 0.2) is 0 Å². The summed E-state index contributed by atoms with van der Waals surface area (Å²) in [6.45, 7) is 6.52. The number of piperidine rings is 1. The van der Waals surface area contributed by atoms with E-state index in [0.29, 0.717) is 31.9 Å². The first-order valence-electron chi connectivity index (χ1n) is 10.4. The molecule has 2 aliphatic rings. The van der Waals surface area contributed by atoms with Gasteiger partial charge >= 0.3 is 6.03 Å². The molecule has 2 aromatic rings. The molecule has 2 saturated heterocycles. The van der Waals surface area contributed by atoms with Crippen LogP contribution < -0.4 is 15.1 Å². The van der Waals surface area contributed by atoms with Gasteiger partial charge in [-0.05, 0) is 44.4 Å². The van der Waals surface area contributed by atoms with Crippen molar-refractivity contribution in [2.45, 2.75) is 26.2 Å². The molecule has 7 nitrogen and oxygen atoms in total. The number of hydrogen-bond donors (Lipinski definition) is 1. The number of amides is 2. The first kappa shape index (κ1) is 20.7. The molecule has 0 atom stereocenters. The average Bonchev–Trinajstić information content (AvgIpc) is 2.76. The second-order valence-corrected chi connectivity index (χ2v) is 8.12. The summed E-state index contributed by atoms with van der Waals surface area (Å²) in [5.74, 6) is 2.16. The minimum Gasteiger partial charge on any atom is -0.356 e. The predicted octanol–water partition coefficient (Wildman–Crippen LogP) is 3.92. The fourth-order valence-corrected chi connectivity index (χ4v) is 4.08. The summed E-state index contributed by atoms with van der Waals surface area (Å²) >= 11 is 5.79. The maximum atomic E-state index is 13.3. The van der Waals surface area contributed by atoms with Crippen LogP contribution in [0.5, 0.6) is 0 Å². The molecule has 4 rings (SSSR count). The molecular formula is C21H26ClFN6O. The van der Waals surface area contributed by atoms with Crippen LogP contribution in [0, 0.1) is 12.7 Å². The molecule has 9 heteroatoms. The molecule has 2 aliphatic heterocycles. The molecular weight excluding hydrogens is 407 g/mol. The molecule has 160 valence electrons. The minimum absolute atomic E-state index is 0.0127. The van der Waals surface area contributed by atoms with Crippen LogP contribution in [0.25, 0.3) is 0 Å². The molecule has 0 radical (unpaired) electrons. The molecule has 2 amide bonds. The summed E-state index contributed by atoms with van der Waals surface area (Å²) in [7, 11) is 0. The minimum atomic E-state index is -0.507. The number of carbonyl (C=O) groups is 1. The van der Waals surface area contributed by atoms with Crippen molar-refractivity contribution in [2.75, 3.05) is 54.4 Å². The number of urea groups is 1. The van der Waals surface area contributed by atoms with Crippen LogP contribution in [0.4, 0.5) is 26.5 Å². The normalized spacial score (nSPS) is 17.2. The number of carbonyl (C=O) groups excluding carboxylic acids is 1. The van der Waals surface area contributed by atoms with Crippen molar-refractivity contribution in [3.05, 3.63) is 40.9 Å². The maximum absolute atomic E-state index is 13.3. The van der Waals surface area contributed by atoms with Gasteiger partial charge in [0.1, 0.15) is 23.3 Å². The van der Waals surface area contributed by atoms with Gasteiger partial charge < -0.3 is 20.0 Å². The molecule has 1 aromatic heterocycles. The highest BCUT2D eigenvalue weighted by Gasteiger charge is 2.23. The fraction of sp³-hybridized carbons (Fsp3) is 0.476. The Hall–Kier alpha value is -2.61. The number of aromatic nitrogens is 2. The summed E-state index contributed by atoms with van der Waals surface area (Å²) in [5, 5.41) is 2.77. The SMILES string of the molecule is Cc1nc(N2CCCCC2)cc(N2CCN(C(=O)Nc3ccc(F)c(Cl)c3)CC2)n1. The first-order valence-corrected chi connectivity index (χ1v) is 10.7. The van der Waals surface area contributed by atoms with Crippen molar-refractivity contribution in [2.24, 2.45) is 0 Å². The first-order chi connectivity index (χ1) is 14.5. The van der Waals surface area contributed by atoms with E-state index in [2.05, 4.69) is 31.2 Å². The van der Waals surface area contributed by atoms with Crippen molar-refractivity contribution in [3.8, 4) is 0 Å². The Kier molecular flexibility index (Phi) is 6.22. The Balaban J connectivity index is 1.37. The molecule has 0 aliphatic carbocycles. The molecule has 3 heterocycles. The van der Waals surface area contributed by atoms with Crippen LogP contribution in [0.2, 0.25) is 5.02 Å². The molecule has 1 N–H and O–H groups in total. The number of aryl methyl sites for hydroxylation is 1. The van der Waals surface area contributed by atoms with E-state index < -0.39 is 5.82 Å². The van der Waals surface area contributed by atoms with Crippen LogP contribution in [0.1, 0.15) is 25.1 Å². The van der Waals surface area contributed by atoms with Crippen molar-refractivity contribution in [1.82, 2.24) is 14.9 Å². The van der Waals surface area contributed by atoms with Crippen molar-refractivity contribution >= 4 is 35.0 Å². The van der Waals surface area contributed by atoms with Gasteiger partial charge in [0.05, 0.1) is 5.02 Å². The van der Waals surface area contributed by atoms with Crippen LogP contribution in [-0.4, -0.2) is 60.2 Å². The molecule has 0 unspecified atom stereocenters. The lowest BCUT2D eigenvalue weighted by Gasteiger charge is -2.36. The number of benzene rings is 1. The Labute approximate surface area is 180 Å². The van der Waals surface area contributed by atoms with Crippen LogP contribution in [0.15, 0.2) is 24.3 Å². The quantitative estimate of drug-likeness (QED) is 0.796. The summed E-state index contributed by atoms with van der Waals surface area (Å²) < 4.78 is 13.3. The topological polar surface area (TPSA) is 64.6 Å². The van der Waals surface area contributed by atoms with E-state index in [1.54, 1.807) is 4.90 Å². The van der Waals surface area contributed by atoms with E-state index >= 15 is 0 Å². The zero-order chi connectivity index (χ0) is 21.1. The third kappa shape index (κ3) is 4.75. The lowest BCUT2D eigenvalue weighted by atomic mass is 10.1. The number of anilines is 3. The number of nitrogens with zero attached hydrogens (tertiary/aromatic N) is 5. The summed E-state index contributed by atoms with van der Waals surface area (Å²) in [5.41, 5.74) is 0.478. The van der Waals surface area contributed by atoms with E-state index in [0.717, 1.165) is 30.5 Å². The van der Waals surface area contributed by atoms with Crippen molar-refractivity contribution in [1.29, 1.82) is 0 Å². The van der Waals surface area contributed by atoms with Crippen LogP contribution in [0.3, 0.4) is 0 Å². The highest BCUT2D eigenvalue weighted by Crippen LogP contribution is 2.24. The van der Waals surface area contributed by atoms with Crippen LogP contribution in [-0.2, 0) is 0 Å². The Morgan fingerprint density at radius 2 is 1.60 bits per heavy atom. The Morgan fingerprint density at radius 3 is 2.23 bits per heavy atom. The van der Waals surface area contributed by atoms with E-state index in [1.165, 1.54) is 37.5 Å². The number of hydrogen-bond acceptors (Lipinski definition) is 5. The van der Waals surface area contributed by atoms with E-state index in [9.17, 15) is 9.18 Å². The number of rotatable bonds is 3. The van der Waals surface area contributed by atoms with Crippen molar-refractivity contribution < 1.29 is 9.18 Å². The number of nitrogens with one attached hydrogen (secondary N) is 1. The predicted molar refractivity (Wildman–Crippen MR) is 117 cm³/mol. The van der Waals surface area contributed by atoms with Gasteiger partial charge in [-0.15, -0.1) is 0 Å². The van der Waals surface area contributed by atoms with E-state index in [4.69, 9.17) is 11.6 Å². The Bertz CT molecular complexity index is 912. The molecule has 0 spiro atoms. The molecule has 30 heavy (non-hydrogen) atoms. The second-order valence-electron chi connectivity index (χ2n) is 7.71. The van der Waals surface area contributed by atoms with E-state index in [-0.39, 0.29) is 11.1 Å². The van der Waals surface area contributed by atoms with Gasteiger partial charge in [0.2, 0.25) is 0 Å². The smallest absolute Gasteiger partial charge is 0.321 e. The van der Waals surface area contributed by atoms with Gasteiger partial charge in [-0.25, -0.2) is 19.2 Å². The van der Waals surface area contributed by atoms with Gasteiger partial charge in [-0.3, -0.25) is 0 Å². The highest BCUT2D eigenvalue weighted by molar-refractivity contribution is 6.31. The monoisotopic (exact) mass is 432 g/mol. The molecule has 0 saturated carbocycles. The maximum Gasteiger partial charge on any atom is 0.321 e. The largest absolute Gasteiger partial charge is 0.356 e. The molecule has 0 bridgehead atoms. The van der Waals surface area contributed by atoms with Crippen molar-refractivity contribution in [3.63, 3.8) is 0 Å². The molecule has 1 aromatic carbocycles. The second kappa shape index (κ2) is 9.04. The summed E-state index contributed by atoms with van der Waals surface area (Å²) in [6, 6.07) is 6.00. The third-order valence-corrected chi connectivity index (χ3v) is 5.84. The summed E-state index contributed by atoms with van der Waals surface area (Å²) in [4.78, 5) is 28.1. The zero-order valence-electron chi connectivity index (χ0n) is 17.1. The third-order valence-electron chi connectivity index (χ3n) is 5.55.